The number of methoxy groups -OCH3 is 1. The van der Waals surface area contributed by atoms with Crippen LogP contribution in [0.3, 0.4) is 0 Å². The van der Waals surface area contributed by atoms with Gasteiger partial charge < -0.3 is 15.2 Å². The number of carboxylic acids is 1. The van der Waals surface area contributed by atoms with Gasteiger partial charge in [-0.05, 0) is 18.1 Å². The quantitative estimate of drug-likeness (QED) is 0.740. The van der Waals surface area contributed by atoms with Gasteiger partial charge in [0.1, 0.15) is 11.1 Å². The number of aliphatic carboxylic acids is 1. The molecule has 0 aliphatic rings. The molecule has 0 spiro atoms. The first-order valence-electron chi connectivity index (χ1n) is 7.72. The first-order valence-corrected chi connectivity index (χ1v) is 8.10. The molecule has 0 radical (unpaired) electrons. The van der Waals surface area contributed by atoms with Gasteiger partial charge in [-0.1, -0.05) is 37.6 Å². The Morgan fingerprint density at radius 2 is 1.96 bits per heavy atom. The van der Waals surface area contributed by atoms with Gasteiger partial charge in [-0.2, -0.15) is 9.78 Å². The van der Waals surface area contributed by atoms with Gasteiger partial charge in [0.05, 0.1) is 30.2 Å². The zero-order chi connectivity index (χ0) is 19.4. The van der Waals surface area contributed by atoms with Crippen molar-refractivity contribution in [3.63, 3.8) is 0 Å². The van der Waals surface area contributed by atoms with Gasteiger partial charge in [0.25, 0.3) is 5.56 Å². The van der Waals surface area contributed by atoms with Crippen LogP contribution in [0.25, 0.3) is 5.69 Å². The summed E-state index contributed by atoms with van der Waals surface area (Å²) in [6.07, 6.45) is 1.25. The number of ether oxygens (including phenoxy) is 1. The van der Waals surface area contributed by atoms with E-state index in [4.69, 9.17) is 16.3 Å². The van der Waals surface area contributed by atoms with Crippen LogP contribution in [0, 0.1) is 5.92 Å². The number of nitrogens with one attached hydrogen (secondary N) is 1. The zero-order valence-electron chi connectivity index (χ0n) is 14.4. The number of carbonyl (C=O) groups excluding carboxylic acids is 1. The van der Waals surface area contributed by atoms with E-state index < -0.39 is 23.5 Å². The summed E-state index contributed by atoms with van der Waals surface area (Å²) >= 11 is 6.12. The third-order valence-electron chi connectivity index (χ3n) is 3.70. The number of aromatic nitrogens is 2. The number of halogens is 1. The lowest BCUT2D eigenvalue weighted by Crippen LogP contribution is -2.35. The second-order valence-electron chi connectivity index (χ2n) is 5.80. The van der Waals surface area contributed by atoms with E-state index >= 15 is 0 Å². The number of esters is 1. The van der Waals surface area contributed by atoms with Crippen LogP contribution in [0.1, 0.15) is 24.2 Å². The molecule has 0 fully saturated rings. The molecule has 9 heteroatoms. The van der Waals surface area contributed by atoms with Gasteiger partial charge in [0, 0.05) is 0 Å². The maximum Gasteiger partial charge on any atom is 0.340 e. The van der Waals surface area contributed by atoms with Crippen LogP contribution < -0.4 is 10.9 Å². The van der Waals surface area contributed by atoms with Crippen molar-refractivity contribution in [1.82, 2.24) is 9.78 Å². The molecule has 1 heterocycles. The van der Waals surface area contributed by atoms with E-state index in [1.807, 2.05) is 0 Å². The van der Waals surface area contributed by atoms with E-state index in [0.717, 1.165) is 4.68 Å². The number of carboxylic acid groups (broad SMARTS) is 1. The summed E-state index contributed by atoms with van der Waals surface area (Å²) in [5, 5.41) is 15.8. The SMILES string of the molecule is COC(=O)c1ccccc1-n1ncc(N[C@@H](C(=O)O)C(C)C)c(Cl)c1=O. The van der Waals surface area contributed by atoms with Gasteiger partial charge in [-0.15, -0.1) is 0 Å². The van der Waals surface area contributed by atoms with Crippen molar-refractivity contribution < 1.29 is 19.4 Å². The molecule has 0 saturated carbocycles. The molecule has 138 valence electrons. The number of rotatable bonds is 6. The average molecular weight is 380 g/mol. The Labute approximate surface area is 154 Å². The number of hydrogen-bond acceptors (Lipinski definition) is 6. The molecule has 1 aromatic heterocycles. The molecular formula is C17H18ClN3O5. The second kappa shape index (κ2) is 8.01. The average Bonchev–Trinajstić information content (AvgIpc) is 2.61. The summed E-state index contributed by atoms with van der Waals surface area (Å²) in [4.78, 5) is 35.8. The van der Waals surface area contributed by atoms with Crippen LogP contribution >= 0.6 is 11.6 Å². The minimum absolute atomic E-state index is 0.101. The number of hydrogen-bond donors (Lipinski definition) is 2. The van der Waals surface area contributed by atoms with E-state index in [-0.39, 0.29) is 27.9 Å². The summed E-state index contributed by atoms with van der Waals surface area (Å²) in [6, 6.07) is 5.34. The predicted octanol–water partition coefficient (Wildman–Crippen LogP) is 2.19. The van der Waals surface area contributed by atoms with Crippen molar-refractivity contribution in [3.8, 4) is 5.69 Å². The lowest BCUT2D eigenvalue weighted by Gasteiger charge is -2.20. The van der Waals surface area contributed by atoms with Crippen molar-refractivity contribution in [2.45, 2.75) is 19.9 Å². The predicted molar refractivity (Wildman–Crippen MR) is 96.1 cm³/mol. The third kappa shape index (κ3) is 3.85. The highest BCUT2D eigenvalue weighted by Crippen LogP contribution is 2.21. The zero-order valence-corrected chi connectivity index (χ0v) is 15.1. The molecule has 26 heavy (non-hydrogen) atoms. The molecule has 8 nitrogen and oxygen atoms in total. The first-order chi connectivity index (χ1) is 12.3. The molecule has 0 unspecified atom stereocenters. The van der Waals surface area contributed by atoms with E-state index in [2.05, 4.69) is 10.4 Å². The van der Waals surface area contributed by atoms with E-state index in [0.29, 0.717) is 0 Å². The van der Waals surface area contributed by atoms with Crippen molar-refractivity contribution in [2.75, 3.05) is 12.4 Å². The number of benzene rings is 1. The Hall–Kier alpha value is -2.87. The Morgan fingerprint density at radius 3 is 2.54 bits per heavy atom. The smallest absolute Gasteiger partial charge is 0.340 e. The van der Waals surface area contributed by atoms with Crippen LogP contribution in [-0.4, -0.2) is 40.0 Å². The van der Waals surface area contributed by atoms with Crippen LogP contribution in [0.5, 0.6) is 0 Å². The number of carbonyl (C=O) groups is 2. The summed E-state index contributed by atoms with van der Waals surface area (Å²) in [6.45, 7) is 3.45. The lowest BCUT2D eigenvalue weighted by atomic mass is 10.0. The van der Waals surface area contributed by atoms with Gasteiger partial charge in [0.2, 0.25) is 0 Å². The van der Waals surface area contributed by atoms with Gasteiger partial charge in [0.15, 0.2) is 0 Å². The summed E-state index contributed by atoms with van der Waals surface area (Å²) in [7, 11) is 1.23. The minimum atomic E-state index is -1.07. The van der Waals surface area contributed by atoms with E-state index in [1.54, 1.807) is 26.0 Å². The highest BCUT2D eigenvalue weighted by molar-refractivity contribution is 6.33. The van der Waals surface area contributed by atoms with Gasteiger partial charge in [-0.3, -0.25) is 4.79 Å². The Bertz CT molecular complexity index is 894. The summed E-state index contributed by atoms with van der Waals surface area (Å²) in [5.41, 5.74) is -0.242. The van der Waals surface area contributed by atoms with Crippen molar-refractivity contribution >= 4 is 29.2 Å². The normalized spacial score (nSPS) is 11.9. The maximum atomic E-state index is 12.6. The van der Waals surface area contributed by atoms with Crippen LogP contribution in [-0.2, 0) is 9.53 Å². The molecule has 2 aromatic rings. The molecule has 2 N–H and O–H groups in total. The van der Waals surface area contributed by atoms with Gasteiger partial charge in [-0.25, -0.2) is 9.59 Å². The minimum Gasteiger partial charge on any atom is -0.480 e. The lowest BCUT2D eigenvalue weighted by molar-refractivity contribution is -0.138. The Kier molecular flexibility index (Phi) is 5.99. The fraction of sp³-hybridized carbons (Fsp3) is 0.294. The molecule has 0 aliphatic carbocycles. The highest BCUT2D eigenvalue weighted by Gasteiger charge is 2.24. The topological polar surface area (TPSA) is 111 Å². The van der Waals surface area contributed by atoms with E-state index in [9.17, 15) is 19.5 Å². The Balaban J connectivity index is 2.51. The molecule has 0 saturated heterocycles. The number of para-hydroxylation sites is 1. The second-order valence-corrected chi connectivity index (χ2v) is 6.18. The maximum absolute atomic E-state index is 12.6. The molecule has 0 aliphatic heterocycles. The molecule has 0 bridgehead atoms. The molecule has 0 amide bonds. The standard InChI is InChI=1S/C17H18ClN3O5/c1-9(2)14(16(23)24)20-11-8-19-21(15(22)13(11)18)12-7-5-4-6-10(12)17(25)26-3/h4-9,14,20H,1-3H3,(H,23,24)/t14-/m1/s1. The fourth-order valence-corrected chi connectivity index (χ4v) is 2.51. The largest absolute Gasteiger partial charge is 0.480 e. The molecule has 1 atom stereocenters. The van der Waals surface area contributed by atoms with Crippen LogP contribution in [0.15, 0.2) is 35.3 Å². The highest BCUT2D eigenvalue weighted by atomic mass is 35.5. The molecule has 1 aromatic carbocycles. The monoisotopic (exact) mass is 379 g/mol. The summed E-state index contributed by atoms with van der Waals surface area (Å²) in [5.74, 6) is -1.94. The van der Waals surface area contributed by atoms with Crippen molar-refractivity contribution in [2.24, 2.45) is 5.92 Å². The van der Waals surface area contributed by atoms with Crippen LogP contribution in [0.4, 0.5) is 5.69 Å². The van der Waals surface area contributed by atoms with E-state index in [1.165, 1.54) is 25.4 Å². The fourth-order valence-electron chi connectivity index (χ4n) is 2.33. The number of anilines is 1. The summed E-state index contributed by atoms with van der Waals surface area (Å²) < 4.78 is 5.67. The molecular weight excluding hydrogens is 362 g/mol. The van der Waals surface area contributed by atoms with Crippen LogP contribution in [0.2, 0.25) is 5.02 Å². The third-order valence-corrected chi connectivity index (χ3v) is 4.07. The number of nitrogens with zero attached hydrogens (tertiary/aromatic N) is 2. The molecule has 2 rings (SSSR count). The van der Waals surface area contributed by atoms with Crippen molar-refractivity contribution in [3.05, 3.63) is 51.4 Å². The van der Waals surface area contributed by atoms with Crippen molar-refractivity contribution in [1.29, 1.82) is 0 Å². The first kappa shape index (κ1) is 19.5. The van der Waals surface area contributed by atoms with Gasteiger partial charge >= 0.3 is 11.9 Å². The Morgan fingerprint density at radius 1 is 1.31 bits per heavy atom.